The summed E-state index contributed by atoms with van der Waals surface area (Å²) < 4.78 is 17.5. The minimum absolute atomic E-state index is 0.316. The minimum Gasteiger partial charge on any atom is -0.493 e. The third-order valence-corrected chi connectivity index (χ3v) is 5.40. The van der Waals surface area contributed by atoms with Gasteiger partial charge >= 0.3 is 5.97 Å². The van der Waals surface area contributed by atoms with Crippen molar-refractivity contribution in [2.75, 3.05) is 19.0 Å². The van der Waals surface area contributed by atoms with Crippen molar-refractivity contribution in [3.8, 4) is 11.5 Å². The minimum atomic E-state index is -0.316. The van der Waals surface area contributed by atoms with Crippen LogP contribution in [0.2, 0.25) is 0 Å². The van der Waals surface area contributed by atoms with E-state index in [-0.39, 0.29) is 5.97 Å². The molecular formula is C25H26BrNO4. The standard InChI is InChI=1S/C25H26BrNO4/c1-4-30-25(28)19-9-11-21(12-10-19)27-15-18-13-22(26)24(23(14-18)29-3)31-16-20-8-6-5-7-17(20)2/h5-14,27H,4,15-16H2,1-3H3. The molecule has 0 aliphatic rings. The average molecular weight is 484 g/mol. The van der Waals surface area contributed by atoms with Gasteiger partial charge in [0.25, 0.3) is 0 Å². The molecule has 0 radical (unpaired) electrons. The Morgan fingerprint density at radius 1 is 1.06 bits per heavy atom. The quantitative estimate of drug-likeness (QED) is 0.370. The predicted molar refractivity (Wildman–Crippen MR) is 126 cm³/mol. The highest BCUT2D eigenvalue weighted by Gasteiger charge is 2.13. The Labute approximate surface area is 191 Å². The van der Waals surface area contributed by atoms with Gasteiger partial charge in [-0.15, -0.1) is 0 Å². The SMILES string of the molecule is CCOC(=O)c1ccc(NCc2cc(Br)c(OCc3ccccc3C)c(OC)c2)cc1. The lowest BCUT2D eigenvalue weighted by Gasteiger charge is -2.16. The normalized spacial score (nSPS) is 10.5. The molecule has 0 spiro atoms. The fourth-order valence-electron chi connectivity index (χ4n) is 3.08. The van der Waals surface area contributed by atoms with Gasteiger partial charge in [-0.1, -0.05) is 24.3 Å². The van der Waals surface area contributed by atoms with Gasteiger partial charge in [-0.2, -0.15) is 0 Å². The summed E-state index contributed by atoms with van der Waals surface area (Å²) >= 11 is 3.61. The zero-order valence-electron chi connectivity index (χ0n) is 17.9. The summed E-state index contributed by atoms with van der Waals surface area (Å²) in [7, 11) is 1.63. The molecule has 0 aliphatic heterocycles. The van der Waals surface area contributed by atoms with Crippen LogP contribution in [0.5, 0.6) is 11.5 Å². The Kier molecular flexibility index (Phi) is 7.95. The Hall–Kier alpha value is -2.99. The zero-order chi connectivity index (χ0) is 22.2. The number of hydrogen-bond donors (Lipinski definition) is 1. The summed E-state index contributed by atoms with van der Waals surface area (Å²) in [6, 6.07) is 19.3. The molecule has 3 aromatic rings. The number of nitrogens with one attached hydrogen (secondary N) is 1. The lowest BCUT2D eigenvalue weighted by atomic mass is 10.1. The smallest absolute Gasteiger partial charge is 0.338 e. The van der Waals surface area contributed by atoms with E-state index >= 15 is 0 Å². The number of aryl methyl sites for hydroxylation is 1. The number of esters is 1. The second-order valence-electron chi connectivity index (χ2n) is 6.98. The van der Waals surface area contributed by atoms with Crippen molar-refractivity contribution in [3.05, 3.63) is 87.4 Å². The first-order valence-corrected chi connectivity index (χ1v) is 10.9. The molecule has 162 valence electrons. The van der Waals surface area contributed by atoms with E-state index in [1.807, 2.05) is 36.4 Å². The highest BCUT2D eigenvalue weighted by molar-refractivity contribution is 9.10. The monoisotopic (exact) mass is 483 g/mol. The largest absolute Gasteiger partial charge is 0.493 e. The summed E-state index contributed by atoms with van der Waals surface area (Å²) in [5.41, 5.74) is 4.79. The fourth-order valence-corrected chi connectivity index (χ4v) is 3.68. The molecule has 0 aromatic heterocycles. The number of anilines is 1. The Morgan fingerprint density at radius 3 is 2.48 bits per heavy atom. The van der Waals surface area contributed by atoms with Crippen molar-refractivity contribution < 1.29 is 19.0 Å². The number of hydrogen-bond acceptors (Lipinski definition) is 5. The Morgan fingerprint density at radius 2 is 1.81 bits per heavy atom. The maximum absolute atomic E-state index is 11.8. The lowest BCUT2D eigenvalue weighted by Crippen LogP contribution is -2.05. The van der Waals surface area contributed by atoms with Crippen LogP contribution in [0.25, 0.3) is 0 Å². The Bertz CT molecular complexity index is 1030. The molecule has 3 rings (SSSR count). The van der Waals surface area contributed by atoms with Crippen LogP contribution in [0.4, 0.5) is 5.69 Å². The summed E-state index contributed by atoms with van der Waals surface area (Å²) in [4.78, 5) is 11.8. The van der Waals surface area contributed by atoms with Gasteiger partial charge in [-0.05, 0) is 82.9 Å². The van der Waals surface area contributed by atoms with Gasteiger partial charge in [0.15, 0.2) is 11.5 Å². The first kappa shape index (κ1) is 22.7. The van der Waals surface area contributed by atoms with E-state index in [4.69, 9.17) is 14.2 Å². The van der Waals surface area contributed by atoms with E-state index in [9.17, 15) is 4.79 Å². The van der Waals surface area contributed by atoms with E-state index < -0.39 is 0 Å². The number of rotatable bonds is 9. The molecule has 0 heterocycles. The third kappa shape index (κ3) is 6.01. The highest BCUT2D eigenvalue weighted by atomic mass is 79.9. The summed E-state index contributed by atoms with van der Waals surface area (Å²) in [5.74, 6) is 1.02. The van der Waals surface area contributed by atoms with Crippen LogP contribution >= 0.6 is 15.9 Å². The van der Waals surface area contributed by atoms with Crippen molar-refractivity contribution >= 4 is 27.6 Å². The molecule has 3 aromatic carbocycles. The summed E-state index contributed by atoms with van der Waals surface area (Å²) in [6.45, 7) is 5.27. The van der Waals surface area contributed by atoms with Crippen molar-refractivity contribution in [1.29, 1.82) is 0 Å². The van der Waals surface area contributed by atoms with Crippen LogP contribution in [0.1, 0.15) is 34.0 Å². The van der Waals surface area contributed by atoms with Crippen molar-refractivity contribution in [1.82, 2.24) is 0 Å². The molecule has 0 aliphatic carbocycles. The number of methoxy groups -OCH3 is 1. The molecule has 1 N–H and O–H groups in total. The number of ether oxygens (including phenoxy) is 3. The van der Waals surface area contributed by atoms with Crippen molar-refractivity contribution in [2.45, 2.75) is 27.0 Å². The van der Waals surface area contributed by atoms with E-state index in [1.54, 1.807) is 26.2 Å². The number of halogens is 1. The first-order chi connectivity index (χ1) is 15.0. The van der Waals surface area contributed by atoms with Crippen LogP contribution < -0.4 is 14.8 Å². The van der Waals surface area contributed by atoms with Gasteiger partial charge in [0.1, 0.15) is 6.61 Å². The average Bonchev–Trinajstić information content (AvgIpc) is 2.78. The van der Waals surface area contributed by atoms with Crippen molar-refractivity contribution in [2.24, 2.45) is 0 Å². The number of carbonyl (C=O) groups excluding carboxylic acids is 1. The van der Waals surface area contributed by atoms with Crippen molar-refractivity contribution in [3.63, 3.8) is 0 Å². The fraction of sp³-hybridized carbons (Fsp3) is 0.240. The molecule has 0 atom stereocenters. The molecule has 0 unspecified atom stereocenters. The molecule has 31 heavy (non-hydrogen) atoms. The van der Waals surface area contributed by atoms with Crippen LogP contribution in [0, 0.1) is 6.92 Å². The van der Waals surface area contributed by atoms with Gasteiger partial charge in [-0.25, -0.2) is 4.79 Å². The van der Waals surface area contributed by atoms with E-state index in [2.05, 4.69) is 40.3 Å². The van der Waals surface area contributed by atoms with Gasteiger partial charge in [0.2, 0.25) is 0 Å². The predicted octanol–water partition coefficient (Wildman–Crippen LogP) is 6.13. The molecular weight excluding hydrogens is 458 g/mol. The zero-order valence-corrected chi connectivity index (χ0v) is 19.5. The molecule has 0 amide bonds. The lowest BCUT2D eigenvalue weighted by molar-refractivity contribution is 0.0526. The van der Waals surface area contributed by atoms with Crippen LogP contribution in [-0.4, -0.2) is 19.7 Å². The maximum atomic E-state index is 11.8. The summed E-state index contributed by atoms with van der Waals surface area (Å²) in [6.07, 6.45) is 0. The van der Waals surface area contributed by atoms with Crippen LogP contribution in [-0.2, 0) is 17.9 Å². The first-order valence-electron chi connectivity index (χ1n) is 10.1. The topological polar surface area (TPSA) is 56.8 Å². The van der Waals surface area contributed by atoms with E-state index in [1.165, 1.54) is 5.56 Å². The molecule has 0 fully saturated rings. The summed E-state index contributed by atoms with van der Waals surface area (Å²) in [5, 5.41) is 3.35. The molecule has 0 bridgehead atoms. The Balaban J connectivity index is 1.67. The second kappa shape index (κ2) is 10.9. The van der Waals surface area contributed by atoms with Crippen LogP contribution in [0.3, 0.4) is 0 Å². The molecule has 0 saturated carbocycles. The number of benzene rings is 3. The number of carbonyl (C=O) groups is 1. The van der Waals surface area contributed by atoms with Crippen LogP contribution in [0.15, 0.2) is 65.1 Å². The van der Waals surface area contributed by atoms with Gasteiger partial charge in [0.05, 0.1) is 23.8 Å². The van der Waals surface area contributed by atoms with Gasteiger partial charge in [-0.3, -0.25) is 0 Å². The second-order valence-corrected chi connectivity index (χ2v) is 7.83. The van der Waals surface area contributed by atoms with Gasteiger partial charge < -0.3 is 19.5 Å². The third-order valence-electron chi connectivity index (χ3n) is 4.82. The molecule has 0 saturated heterocycles. The molecule has 6 heteroatoms. The van der Waals surface area contributed by atoms with E-state index in [0.717, 1.165) is 21.3 Å². The maximum Gasteiger partial charge on any atom is 0.338 e. The van der Waals surface area contributed by atoms with Gasteiger partial charge in [0, 0.05) is 12.2 Å². The highest BCUT2D eigenvalue weighted by Crippen LogP contribution is 2.37. The van der Waals surface area contributed by atoms with E-state index in [0.29, 0.717) is 36.8 Å². The molecule has 5 nitrogen and oxygen atoms in total.